The molecule has 0 bridgehead atoms. The van der Waals surface area contributed by atoms with Crippen molar-refractivity contribution in [3.63, 3.8) is 0 Å². The van der Waals surface area contributed by atoms with Gasteiger partial charge in [-0.15, -0.1) is 10.2 Å². The Kier molecular flexibility index (Phi) is 5.76. The third kappa shape index (κ3) is 4.54. The second-order valence-corrected chi connectivity index (χ2v) is 7.08. The van der Waals surface area contributed by atoms with Crippen molar-refractivity contribution in [1.82, 2.24) is 20.1 Å². The highest BCUT2D eigenvalue weighted by Crippen LogP contribution is 2.25. The summed E-state index contributed by atoms with van der Waals surface area (Å²) in [4.78, 5) is 12.0. The van der Waals surface area contributed by atoms with Crippen molar-refractivity contribution < 1.29 is 9.18 Å². The molecule has 5 nitrogen and oxygen atoms in total. The summed E-state index contributed by atoms with van der Waals surface area (Å²) in [5.74, 6) is 0.745. The normalized spacial score (nSPS) is 12.4. The van der Waals surface area contributed by atoms with E-state index in [4.69, 9.17) is 0 Å². The van der Waals surface area contributed by atoms with E-state index in [0.29, 0.717) is 23.4 Å². The van der Waals surface area contributed by atoms with Crippen LogP contribution < -0.4 is 5.32 Å². The maximum absolute atomic E-state index is 13.0. The van der Waals surface area contributed by atoms with E-state index in [1.807, 2.05) is 18.5 Å². The minimum atomic E-state index is -0.291. The fourth-order valence-corrected chi connectivity index (χ4v) is 2.77. The maximum Gasteiger partial charge on any atom is 0.233 e. The van der Waals surface area contributed by atoms with Gasteiger partial charge >= 0.3 is 0 Å². The maximum atomic E-state index is 13.0. The predicted molar refractivity (Wildman–Crippen MR) is 89.6 cm³/mol. The summed E-state index contributed by atoms with van der Waals surface area (Å²) in [7, 11) is 1.83. The standard InChI is InChI=1S/C16H21FN4OS/c1-10(2)9-18-15(22)11(3)23-16-20-19-14(21(16)4)12-5-7-13(17)8-6-12/h5-8,10-11H,9H2,1-4H3,(H,18,22)/t11-/m1/s1. The Morgan fingerprint density at radius 1 is 1.26 bits per heavy atom. The van der Waals surface area contributed by atoms with E-state index in [-0.39, 0.29) is 17.0 Å². The summed E-state index contributed by atoms with van der Waals surface area (Å²) in [6, 6.07) is 6.09. The first-order valence-electron chi connectivity index (χ1n) is 7.48. The Morgan fingerprint density at radius 3 is 2.52 bits per heavy atom. The largest absolute Gasteiger partial charge is 0.355 e. The summed E-state index contributed by atoms with van der Waals surface area (Å²) in [5, 5.41) is 11.6. The van der Waals surface area contributed by atoms with Crippen LogP contribution in [0.5, 0.6) is 0 Å². The minimum absolute atomic E-state index is 0.0185. The average molecular weight is 336 g/mol. The molecule has 1 N–H and O–H groups in total. The number of halogens is 1. The molecule has 0 aliphatic rings. The first-order chi connectivity index (χ1) is 10.9. The number of hydrogen-bond acceptors (Lipinski definition) is 4. The van der Waals surface area contributed by atoms with Gasteiger partial charge in [-0.1, -0.05) is 25.6 Å². The zero-order chi connectivity index (χ0) is 17.0. The molecule has 0 unspecified atom stereocenters. The van der Waals surface area contributed by atoms with E-state index in [0.717, 1.165) is 5.56 Å². The molecular formula is C16H21FN4OS. The summed E-state index contributed by atoms with van der Waals surface area (Å²) >= 11 is 1.35. The highest BCUT2D eigenvalue weighted by Gasteiger charge is 2.19. The molecule has 1 aromatic carbocycles. The lowest BCUT2D eigenvalue weighted by Gasteiger charge is -2.13. The molecule has 1 amide bonds. The molecule has 2 rings (SSSR count). The first-order valence-corrected chi connectivity index (χ1v) is 8.36. The van der Waals surface area contributed by atoms with Gasteiger partial charge in [0.1, 0.15) is 5.82 Å². The second-order valence-electron chi connectivity index (χ2n) is 5.77. The van der Waals surface area contributed by atoms with Gasteiger partial charge in [0, 0.05) is 19.2 Å². The van der Waals surface area contributed by atoms with Crippen LogP contribution >= 0.6 is 11.8 Å². The van der Waals surface area contributed by atoms with Gasteiger partial charge in [0.05, 0.1) is 5.25 Å². The number of nitrogens with one attached hydrogen (secondary N) is 1. The number of carbonyl (C=O) groups is 1. The van der Waals surface area contributed by atoms with Gasteiger partial charge in [0.15, 0.2) is 11.0 Å². The molecule has 0 aliphatic heterocycles. The van der Waals surface area contributed by atoms with Gasteiger partial charge in [-0.05, 0) is 37.1 Å². The summed E-state index contributed by atoms with van der Waals surface area (Å²) < 4.78 is 14.8. The molecule has 124 valence electrons. The number of hydrogen-bond donors (Lipinski definition) is 1. The Bertz CT molecular complexity index is 669. The lowest BCUT2D eigenvalue weighted by molar-refractivity contribution is -0.120. The van der Waals surface area contributed by atoms with Gasteiger partial charge < -0.3 is 9.88 Å². The molecule has 2 aromatic rings. The third-order valence-corrected chi connectivity index (χ3v) is 4.41. The Labute approximate surface area is 139 Å². The number of carbonyl (C=O) groups excluding carboxylic acids is 1. The minimum Gasteiger partial charge on any atom is -0.355 e. The van der Waals surface area contributed by atoms with Gasteiger partial charge in [-0.3, -0.25) is 4.79 Å². The molecule has 0 spiro atoms. The first kappa shape index (κ1) is 17.5. The highest BCUT2D eigenvalue weighted by molar-refractivity contribution is 8.00. The predicted octanol–water partition coefficient (Wildman–Crippen LogP) is 2.87. The van der Waals surface area contributed by atoms with Crippen molar-refractivity contribution in [1.29, 1.82) is 0 Å². The topological polar surface area (TPSA) is 59.8 Å². The monoisotopic (exact) mass is 336 g/mol. The number of thioether (sulfide) groups is 1. The molecule has 7 heteroatoms. The van der Waals surface area contributed by atoms with Crippen LogP contribution in [0.4, 0.5) is 4.39 Å². The Hall–Kier alpha value is -1.89. The molecule has 1 atom stereocenters. The number of nitrogens with zero attached hydrogens (tertiary/aromatic N) is 3. The van der Waals surface area contributed by atoms with Crippen LogP contribution in [-0.4, -0.2) is 32.5 Å². The van der Waals surface area contributed by atoms with E-state index in [2.05, 4.69) is 29.4 Å². The van der Waals surface area contributed by atoms with Crippen LogP contribution in [0.3, 0.4) is 0 Å². The second kappa shape index (κ2) is 7.59. The lowest BCUT2D eigenvalue weighted by Crippen LogP contribution is -2.33. The van der Waals surface area contributed by atoms with Crippen molar-refractivity contribution in [3.8, 4) is 11.4 Å². The Balaban J connectivity index is 2.07. The lowest BCUT2D eigenvalue weighted by atomic mass is 10.2. The summed E-state index contributed by atoms with van der Waals surface area (Å²) in [6.45, 7) is 6.60. The van der Waals surface area contributed by atoms with Crippen LogP contribution in [0.1, 0.15) is 20.8 Å². The van der Waals surface area contributed by atoms with E-state index in [9.17, 15) is 9.18 Å². The van der Waals surface area contributed by atoms with Crippen molar-refractivity contribution in [2.45, 2.75) is 31.2 Å². The van der Waals surface area contributed by atoms with Crippen LogP contribution in [0, 0.1) is 11.7 Å². The molecule has 23 heavy (non-hydrogen) atoms. The fraction of sp³-hybridized carbons (Fsp3) is 0.438. The van der Waals surface area contributed by atoms with E-state index < -0.39 is 0 Å². The molecule has 0 saturated carbocycles. The Morgan fingerprint density at radius 2 is 1.91 bits per heavy atom. The van der Waals surface area contributed by atoms with Crippen LogP contribution in [0.2, 0.25) is 0 Å². The zero-order valence-electron chi connectivity index (χ0n) is 13.7. The van der Waals surface area contributed by atoms with Crippen molar-refractivity contribution in [3.05, 3.63) is 30.1 Å². The summed E-state index contributed by atoms with van der Waals surface area (Å²) in [6.07, 6.45) is 0. The van der Waals surface area contributed by atoms with E-state index in [1.54, 1.807) is 12.1 Å². The molecule has 0 saturated heterocycles. The quantitative estimate of drug-likeness (QED) is 0.824. The number of aromatic nitrogens is 3. The third-order valence-electron chi connectivity index (χ3n) is 3.27. The SMILES string of the molecule is CC(C)CNC(=O)[C@@H](C)Sc1nnc(-c2ccc(F)cc2)n1C. The van der Waals surface area contributed by atoms with Crippen LogP contribution in [0.15, 0.2) is 29.4 Å². The molecule has 0 aliphatic carbocycles. The number of rotatable bonds is 6. The van der Waals surface area contributed by atoms with Gasteiger partial charge in [0.25, 0.3) is 0 Å². The molecule has 0 radical (unpaired) electrons. The molecule has 1 aromatic heterocycles. The van der Waals surface area contributed by atoms with E-state index >= 15 is 0 Å². The average Bonchev–Trinajstić information content (AvgIpc) is 2.86. The fourth-order valence-electron chi connectivity index (χ4n) is 1.93. The van der Waals surface area contributed by atoms with E-state index in [1.165, 1.54) is 23.9 Å². The number of benzene rings is 1. The van der Waals surface area contributed by atoms with Gasteiger partial charge in [-0.25, -0.2) is 4.39 Å². The molecule has 0 fully saturated rings. The number of amides is 1. The van der Waals surface area contributed by atoms with Gasteiger partial charge in [0.2, 0.25) is 5.91 Å². The van der Waals surface area contributed by atoms with Crippen LogP contribution in [-0.2, 0) is 11.8 Å². The van der Waals surface area contributed by atoms with Gasteiger partial charge in [-0.2, -0.15) is 0 Å². The van der Waals surface area contributed by atoms with Crippen molar-refractivity contribution in [2.24, 2.45) is 13.0 Å². The molecule has 1 heterocycles. The van der Waals surface area contributed by atoms with Crippen molar-refractivity contribution in [2.75, 3.05) is 6.54 Å². The molecular weight excluding hydrogens is 315 g/mol. The smallest absolute Gasteiger partial charge is 0.233 e. The summed E-state index contributed by atoms with van der Waals surface area (Å²) in [5.41, 5.74) is 0.783. The van der Waals surface area contributed by atoms with Crippen molar-refractivity contribution >= 4 is 17.7 Å². The van der Waals surface area contributed by atoms with Crippen LogP contribution in [0.25, 0.3) is 11.4 Å². The zero-order valence-corrected chi connectivity index (χ0v) is 14.5. The highest BCUT2D eigenvalue weighted by atomic mass is 32.2.